The minimum Gasteiger partial charge on any atom is -0.356 e. The van der Waals surface area contributed by atoms with Crippen LogP contribution in [-0.2, 0) is 23.9 Å². The number of hydrogen-bond acceptors (Lipinski definition) is 7. The van der Waals surface area contributed by atoms with Crippen molar-refractivity contribution in [2.24, 2.45) is 17.4 Å². The molecule has 0 aromatic heterocycles. The number of rotatable bonds is 19. The molecule has 0 bridgehead atoms. The molecule has 1 unspecified atom stereocenters. The van der Waals surface area contributed by atoms with Gasteiger partial charge in [-0.3, -0.25) is 19.2 Å². The Balaban J connectivity index is 1.82. The molecule has 1 aromatic rings. The van der Waals surface area contributed by atoms with Gasteiger partial charge in [-0.05, 0) is 76.3 Å². The second kappa shape index (κ2) is 21.6. The molecule has 2 rings (SSSR count). The molecular formula is C34H53N7O6. The van der Waals surface area contributed by atoms with E-state index in [2.05, 4.69) is 38.4 Å². The Morgan fingerprint density at radius 1 is 0.894 bits per heavy atom. The zero-order valence-electron chi connectivity index (χ0n) is 28.0. The monoisotopic (exact) mass is 655 g/mol. The van der Waals surface area contributed by atoms with Crippen LogP contribution in [0.5, 0.6) is 0 Å². The van der Waals surface area contributed by atoms with Crippen molar-refractivity contribution in [3.63, 3.8) is 0 Å². The van der Waals surface area contributed by atoms with Crippen LogP contribution in [0.2, 0.25) is 0 Å². The molecule has 0 radical (unpaired) electrons. The van der Waals surface area contributed by atoms with Crippen molar-refractivity contribution >= 4 is 35.3 Å². The van der Waals surface area contributed by atoms with E-state index in [0.717, 1.165) is 37.7 Å². The van der Waals surface area contributed by atoms with Crippen molar-refractivity contribution in [3.05, 3.63) is 29.8 Å². The van der Waals surface area contributed by atoms with E-state index >= 15 is 0 Å². The highest BCUT2D eigenvalue weighted by Crippen LogP contribution is 2.12. The van der Waals surface area contributed by atoms with E-state index in [0.29, 0.717) is 37.9 Å². The third-order valence-electron chi connectivity index (χ3n) is 7.72. The third-order valence-corrected chi connectivity index (χ3v) is 7.72. The van der Waals surface area contributed by atoms with E-state index in [-0.39, 0.29) is 37.5 Å². The van der Waals surface area contributed by atoms with Crippen molar-refractivity contribution in [3.8, 4) is 11.8 Å². The molecule has 0 saturated carbocycles. The number of carbonyl (C=O) groups excluding carboxylic acids is 5. The van der Waals surface area contributed by atoms with Gasteiger partial charge in [-0.25, -0.2) is 4.79 Å². The number of anilines is 1. The Bertz CT molecular complexity index is 1230. The van der Waals surface area contributed by atoms with E-state index in [1.54, 1.807) is 26.0 Å². The first-order valence-corrected chi connectivity index (χ1v) is 16.6. The van der Waals surface area contributed by atoms with Crippen LogP contribution in [-0.4, -0.2) is 73.6 Å². The van der Waals surface area contributed by atoms with Gasteiger partial charge in [0.05, 0.1) is 6.04 Å². The lowest BCUT2D eigenvalue weighted by atomic mass is 10.0. The topological polar surface area (TPSA) is 207 Å². The van der Waals surface area contributed by atoms with Gasteiger partial charge >= 0.3 is 6.03 Å². The summed E-state index contributed by atoms with van der Waals surface area (Å²) in [6, 6.07) is 3.82. The number of amides is 6. The summed E-state index contributed by atoms with van der Waals surface area (Å²) in [5.41, 5.74) is 12.9. The summed E-state index contributed by atoms with van der Waals surface area (Å²) in [7, 11) is 0. The number of primary amides is 1. The summed E-state index contributed by atoms with van der Waals surface area (Å²) in [6.45, 7) is 6.10. The Hall–Kier alpha value is -4.15. The molecule has 9 N–H and O–H groups in total. The maximum absolute atomic E-state index is 13.4. The summed E-state index contributed by atoms with van der Waals surface area (Å²) in [5.74, 6) is 4.22. The summed E-state index contributed by atoms with van der Waals surface area (Å²) in [6.07, 6.45) is 6.92. The number of nitrogens with one attached hydrogen (secondary N) is 5. The molecule has 1 aliphatic carbocycles. The predicted molar refractivity (Wildman–Crippen MR) is 181 cm³/mol. The van der Waals surface area contributed by atoms with Gasteiger partial charge in [0.1, 0.15) is 24.8 Å². The molecule has 0 spiro atoms. The van der Waals surface area contributed by atoms with Gasteiger partial charge in [-0.2, -0.15) is 0 Å². The molecule has 13 heteroatoms. The zero-order valence-corrected chi connectivity index (χ0v) is 28.0. The van der Waals surface area contributed by atoms with Crippen molar-refractivity contribution in [2.75, 3.05) is 25.0 Å². The van der Waals surface area contributed by atoms with Gasteiger partial charge in [0, 0.05) is 25.2 Å². The summed E-state index contributed by atoms with van der Waals surface area (Å²) < 4.78 is 5.65. The summed E-state index contributed by atoms with van der Waals surface area (Å²) in [4.78, 5) is 62.6. The van der Waals surface area contributed by atoms with Crippen LogP contribution >= 0.6 is 0 Å². The molecule has 0 fully saturated rings. The molecule has 0 aliphatic heterocycles. The number of aryl methyl sites for hydroxylation is 1. The van der Waals surface area contributed by atoms with Gasteiger partial charge in [-0.15, -0.1) is 5.92 Å². The van der Waals surface area contributed by atoms with E-state index in [4.69, 9.17) is 16.2 Å². The first-order valence-electron chi connectivity index (χ1n) is 16.6. The fraction of sp³-hybridized carbons (Fsp3) is 0.618. The first kappa shape index (κ1) is 39.0. The van der Waals surface area contributed by atoms with E-state index in [9.17, 15) is 24.0 Å². The lowest BCUT2D eigenvalue weighted by Gasteiger charge is -2.26. The van der Waals surface area contributed by atoms with Gasteiger partial charge in [0.15, 0.2) is 0 Å². The Kier molecular flexibility index (Phi) is 17.9. The average molecular weight is 656 g/mol. The second-order valence-electron chi connectivity index (χ2n) is 12.3. The number of carbonyl (C=O) groups is 5. The van der Waals surface area contributed by atoms with Crippen molar-refractivity contribution < 1.29 is 28.7 Å². The normalized spacial score (nSPS) is 16.2. The van der Waals surface area contributed by atoms with E-state index in [1.165, 1.54) is 0 Å². The highest BCUT2D eigenvalue weighted by molar-refractivity contribution is 5.98. The highest BCUT2D eigenvalue weighted by atomic mass is 16.5. The molecule has 260 valence electrons. The lowest BCUT2D eigenvalue weighted by molar-refractivity contribution is -0.132. The second-order valence-corrected chi connectivity index (χ2v) is 12.3. The summed E-state index contributed by atoms with van der Waals surface area (Å²) >= 11 is 0. The molecular weight excluding hydrogens is 602 g/mol. The molecule has 1 aliphatic rings. The maximum atomic E-state index is 13.4. The van der Waals surface area contributed by atoms with Gasteiger partial charge in [-0.1, -0.05) is 43.9 Å². The Morgan fingerprint density at radius 2 is 1.62 bits per heavy atom. The number of ether oxygens (including phenoxy) is 1. The third kappa shape index (κ3) is 16.3. The number of urea groups is 1. The Morgan fingerprint density at radius 3 is 2.32 bits per heavy atom. The van der Waals surface area contributed by atoms with Gasteiger partial charge < -0.3 is 42.8 Å². The van der Waals surface area contributed by atoms with Crippen LogP contribution in [0.3, 0.4) is 0 Å². The minimum atomic E-state index is -0.936. The van der Waals surface area contributed by atoms with Gasteiger partial charge in [0.25, 0.3) is 0 Å². The highest BCUT2D eigenvalue weighted by Gasteiger charge is 2.30. The fourth-order valence-electron chi connectivity index (χ4n) is 4.89. The van der Waals surface area contributed by atoms with Crippen LogP contribution in [0.1, 0.15) is 83.6 Å². The molecule has 6 amide bonds. The lowest BCUT2D eigenvalue weighted by Crippen LogP contribution is -2.56. The quantitative estimate of drug-likeness (QED) is 0.0870. The number of hydrogen-bond donors (Lipinski definition) is 7. The molecule has 0 heterocycles. The van der Waals surface area contributed by atoms with Crippen LogP contribution in [0, 0.1) is 24.7 Å². The standard InChI is InChI=1S/C34H53N7O6/c1-23(2)30(33(45)40-28(15-11-21-38-34(36)46)32(44)39-25-18-16-24(3)17-19-25)41-31(43)27(35)14-9-10-20-37-29(42)22-47-26-12-7-5-4-6-8-13-26/h16-19,23,26-28,30H,4-7,9-12,14-15,20-22,35H2,1-3H3,(H,37,42)(H,39,44)(H,40,45)(H,41,43)(H3,36,38,46)/t26?,27-,28+,30+/m1/s1. The fourth-order valence-corrected chi connectivity index (χ4v) is 4.89. The number of nitrogens with two attached hydrogens (primary N) is 2. The molecule has 4 atom stereocenters. The Labute approximate surface area is 278 Å². The minimum absolute atomic E-state index is 0.0430. The van der Waals surface area contributed by atoms with Crippen molar-refractivity contribution in [1.82, 2.24) is 21.3 Å². The van der Waals surface area contributed by atoms with Crippen LogP contribution < -0.4 is 38.1 Å². The smallest absolute Gasteiger partial charge is 0.312 e. The largest absolute Gasteiger partial charge is 0.356 e. The molecule has 0 saturated heterocycles. The van der Waals surface area contributed by atoms with Crippen LogP contribution in [0.25, 0.3) is 0 Å². The summed E-state index contributed by atoms with van der Waals surface area (Å²) in [5, 5.41) is 13.6. The van der Waals surface area contributed by atoms with E-state index in [1.807, 2.05) is 19.1 Å². The molecule has 13 nitrogen and oxygen atoms in total. The molecule has 1 aromatic carbocycles. The number of benzene rings is 1. The van der Waals surface area contributed by atoms with E-state index < -0.39 is 41.9 Å². The first-order chi connectivity index (χ1) is 22.5. The average Bonchev–Trinajstić information content (AvgIpc) is 3.01. The zero-order chi connectivity index (χ0) is 34.6. The molecule has 47 heavy (non-hydrogen) atoms. The van der Waals surface area contributed by atoms with Crippen molar-refractivity contribution in [2.45, 2.75) is 109 Å². The number of unbranched alkanes of at least 4 members (excludes halogenated alkanes) is 1. The van der Waals surface area contributed by atoms with Gasteiger partial charge in [0.2, 0.25) is 23.6 Å². The van der Waals surface area contributed by atoms with Crippen LogP contribution in [0.15, 0.2) is 24.3 Å². The van der Waals surface area contributed by atoms with Crippen molar-refractivity contribution in [1.29, 1.82) is 0 Å². The SMILES string of the molecule is Cc1ccc(NC(=O)[C@H](CCCNC(N)=O)NC(=O)[C@@H](NC(=O)[C@H](N)CCCCNC(=O)COC2C#CCCCCC2)C(C)C)cc1. The predicted octanol–water partition coefficient (Wildman–Crippen LogP) is 1.97. The maximum Gasteiger partial charge on any atom is 0.312 e. The van der Waals surface area contributed by atoms with Crippen LogP contribution in [0.4, 0.5) is 10.5 Å².